The van der Waals surface area contributed by atoms with Crippen LogP contribution in [0.3, 0.4) is 0 Å². The molecular weight excluding hydrogens is 462 g/mol. The van der Waals surface area contributed by atoms with E-state index in [1.54, 1.807) is 19.2 Å². The maximum atomic E-state index is 15.1. The molecule has 3 rings (SSSR count). The van der Waals surface area contributed by atoms with E-state index in [4.69, 9.17) is 5.41 Å². The summed E-state index contributed by atoms with van der Waals surface area (Å²) in [6, 6.07) is 10.5. The quantitative estimate of drug-likeness (QED) is 0.343. The van der Waals surface area contributed by atoms with Gasteiger partial charge in [0.25, 0.3) is 0 Å². The first-order valence-corrected chi connectivity index (χ1v) is 11.7. The number of carbonyl (C=O) groups is 2. The average molecular weight is 493 g/mol. The lowest BCUT2D eigenvalue weighted by Gasteiger charge is -2.43. The molecule has 2 aromatic rings. The van der Waals surface area contributed by atoms with Gasteiger partial charge in [0.1, 0.15) is 12.0 Å². The SMILES string of the molecule is CNC1=C(C=N)[C@](CC=O)(N(C)C(=O)N(C)c2c(F)cc(C#Cc3ccccc3)cc2F)CCCC1. The van der Waals surface area contributed by atoms with Crippen molar-refractivity contribution in [2.75, 3.05) is 26.0 Å². The molecule has 0 aromatic heterocycles. The smallest absolute Gasteiger partial charge is 0.324 e. The zero-order valence-corrected chi connectivity index (χ0v) is 20.7. The minimum atomic E-state index is -1.11. The van der Waals surface area contributed by atoms with Gasteiger partial charge in [-0.1, -0.05) is 36.5 Å². The number of anilines is 1. The number of hydrogen-bond acceptors (Lipinski definition) is 4. The topological polar surface area (TPSA) is 76.5 Å². The van der Waals surface area contributed by atoms with Crippen LogP contribution in [0.25, 0.3) is 0 Å². The van der Waals surface area contributed by atoms with Crippen LogP contribution < -0.4 is 10.2 Å². The molecule has 0 heterocycles. The molecule has 1 aliphatic carbocycles. The summed E-state index contributed by atoms with van der Waals surface area (Å²) in [6.45, 7) is 0. The minimum absolute atomic E-state index is 0.0437. The molecule has 0 unspecified atom stereocenters. The van der Waals surface area contributed by atoms with E-state index >= 15 is 8.78 Å². The first-order chi connectivity index (χ1) is 17.3. The van der Waals surface area contributed by atoms with Crippen molar-refractivity contribution in [3.8, 4) is 11.8 Å². The van der Waals surface area contributed by atoms with Gasteiger partial charge in [-0.15, -0.1) is 0 Å². The molecule has 1 aliphatic rings. The Balaban J connectivity index is 1.97. The van der Waals surface area contributed by atoms with Crippen LogP contribution in [0.5, 0.6) is 0 Å². The zero-order valence-electron chi connectivity index (χ0n) is 20.7. The van der Waals surface area contributed by atoms with Crippen molar-refractivity contribution in [2.45, 2.75) is 37.6 Å². The molecule has 1 atom stereocenters. The van der Waals surface area contributed by atoms with Crippen LogP contribution in [-0.2, 0) is 4.79 Å². The highest BCUT2D eigenvalue weighted by Crippen LogP contribution is 2.38. The Labute approximate surface area is 210 Å². The van der Waals surface area contributed by atoms with Crippen LogP contribution in [0.15, 0.2) is 53.7 Å². The van der Waals surface area contributed by atoms with Crippen molar-refractivity contribution < 1.29 is 18.4 Å². The molecule has 0 saturated heterocycles. The Morgan fingerprint density at radius 2 is 1.75 bits per heavy atom. The highest BCUT2D eigenvalue weighted by atomic mass is 19.1. The molecule has 36 heavy (non-hydrogen) atoms. The highest BCUT2D eigenvalue weighted by molar-refractivity contribution is 5.94. The predicted molar refractivity (Wildman–Crippen MR) is 137 cm³/mol. The fourth-order valence-electron chi connectivity index (χ4n) is 4.71. The van der Waals surface area contributed by atoms with Gasteiger partial charge in [0.2, 0.25) is 0 Å². The Bertz CT molecular complexity index is 1210. The summed E-state index contributed by atoms with van der Waals surface area (Å²) in [5.74, 6) is 3.74. The largest absolute Gasteiger partial charge is 0.391 e. The van der Waals surface area contributed by atoms with Gasteiger partial charge in [0.15, 0.2) is 11.6 Å². The van der Waals surface area contributed by atoms with Gasteiger partial charge in [0.05, 0.1) is 5.54 Å². The van der Waals surface area contributed by atoms with Gasteiger partial charge in [-0.2, -0.15) is 0 Å². The van der Waals surface area contributed by atoms with Crippen LogP contribution in [-0.4, -0.2) is 50.1 Å². The van der Waals surface area contributed by atoms with Gasteiger partial charge < -0.3 is 20.4 Å². The van der Waals surface area contributed by atoms with Crippen LogP contribution >= 0.6 is 0 Å². The molecule has 0 fully saturated rings. The molecule has 0 aliphatic heterocycles. The van der Waals surface area contributed by atoms with Crippen molar-refractivity contribution in [3.63, 3.8) is 0 Å². The summed E-state index contributed by atoms with van der Waals surface area (Å²) in [5.41, 5.74) is 0.507. The Kier molecular flexibility index (Phi) is 8.59. The predicted octanol–water partition coefficient (Wildman–Crippen LogP) is 4.88. The molecule has 6 nitrogen and oxygen atoms in total. The van der Waals surface area contributed by atoms with E-state index in [-0.39, 0.29) is 12.0 Å². The third-order valence-corrected chi connectivity index (χ3v) is 6.65. The standard InChI is InChI=1S/C28H30F2N4O2/c1-32-25-11-7-8-14-28(15-16-35,22(25)19-31)34(3)27(36)33(2)26-23(29)17-21(18-24(26)30)13-12-20-9-5-4-6-10-20/h4-6,9-10,16-19,31-32H,7-8,11,14-15H2,1-3H3/t28-/m0/s1. The number of aldehydes is 1. The van der Waals surface area contributed by atoms with Crippen LogP contribution in [0.4, 0.5) is 19.3 Å². The summed E-state index contributed by atoms with van der Waals surface area (Å²) in [5, 5.41) is 11.1. The number of halogens is 2. The summed E-state index contributed by atoms with van der Waals surface area (Å²) >= 11 is 0. The van der Waals surface area contributed by atoms with Crippen molar-refractivity contribution in [1.29, 1.82) is 5.41 Å². The lowest BCUT2D eigenvalue weighted by molar-refractivity contribution is -0.109. The van der Waals surface area contributed by atoms with Crippen molar-refractivity contribution >= 4 is 24.2 Å². The number of likely N-dealkylation sites (N-methyl/N-ethyl adjacent to an activating group) is 1. The minimum Gasteiger partial charge on any atom is -0.391 e. The Morgan fingerprint density at radius 1 is 1.11 bits per heavy atom. The third-order valence-electron chi connectivity index (χ3n) is 6.65. The first-order valence-electron chi connectivity index (χ1n) is 11.7. The summed E-state index contributed by atoms with van der Waals surface area (Å²) in [4.78, 5) is 27.5. The van der Waals surface area contributed by atoms with Crippen LogP contribution in [0, 0.1) is 28.9 Å². The monoisotopic (exact) mass is 492 g/mol. The maximum Gasteiger partial charge on any atom is 0.324 e. The summed E-state index contributed by atoms with van der Waals surface area (Å²) in [6.07, 6.45) is 4.48. The van der Waals surface area contributed by atoms with E-state index in [9.17, 15) is 9.59 Å². The lowest BCUT2D eigenvalue weighted by Crippen LogP contribution is -2.56. The van der Waals surface area contributed by atoms with Crippen LogP contribution in [0.2, 0.25) is 0 Å². The zero-order chi connectivity index (χ0) is 26.3. The Hall–Kier alpha value is -3.99. The average Bonchev–Trinajstić information content (AvgIpc) is 3.06. The number of amides is 2. The van der Waals surface area contributed by atoms with Crippen molar-refractivity contribution in [3.05, 3.63) is 76.5 Å². The highest BCUT2D eigenvalue weighted by Gasteiger charge is 2.43. The first kappa shape index (κ1) is 26.6. The third kappa shape index (κ3) is 5.30. The van der Waals surface area contributed by atoms with Crippen LogP contribution in [0.1, 0.15) is 43.2 Å². The summed E-state index contributed by atoms with van der Waals surface area (Å²) < 4.78 is 30.2. The molecule has 8 heteroatoms. The van der Waals surface area contributed by atoms with Gasteiger partial charge in [-0.25, -0.2) is 13.6 Å². The number of urea groups is 1. The molecule has 2 amide bonds. The maximum absolute atomic E-state index is 15.1. The molecule has 0 bridgehead atoms. The van der Waals surface area contributed by atoms with Gasteiger partial charge in [0, 0.05) is 56.2 Å². The van der Waals surface area contributed by atoms with Crippen molar-refractivity contribution in [1.82, 2.24) is 10.2 Å². The lowest BCUT2D eigenvalue weighted by atomic mass is 9.81. The molecule has 2 N–H and O–H groups in total. The second-order valence-electron chi connectivity index (χ2n) is 8.70. The molecule has 0 radical (unpaired) electrons. The number of allylic oxidation sites excluding steroid dienone is 1. The molecule has 188 valence electrons. The normalized spacial score (nSPS) is 17.4. The fraction of sp³-hybridized carbons (Fsp3) is 0.321. The second kappa shape index (κ2) is 11.6. The fourth-order valence-corrected chi connectivity index (χ4v) is 4.71. The van der Waals surface area contributed by atoms with E-state index < -0.39 is 28.9 Å². The van der Waals surface area contributed by atoms with Gasteiger partial charge >= 0.3 is 6.03 Å². The van der Waals surface area contributed by atoms with E-state index in [1.165, 1.54) is 19.0 Å². The number of hydrogen-bond donors (Lipinski definition) is 2. The number of nitrogens with one attached hydrogen (secondary N) is 2. The molecular formula is C28H30F2N4O2. The van der Waals surface area contributed by atoms with E-state index in [0.29, 0.717) is 30.3 Å². The summed E-state index contributed by atoms with van der Waals surface area (Å²) in [7, 11) is 4.52. The van der Waals surface area contributed by atoms with E-state index in [1.807, 2.05) is 18.2 Å². The second-order valence-corrected chi connectivity index (χ2v) is 8.70. The molecule has 0 spiro atoms. The van der Waals surface area contributed by atoms with Gasteiger partial charge in [-0.05, 0) is 43.5 Å². The number of rotatable bonds is 6. The Morgan fingerprint density at radius 3 is 2.33 bits per heavy atom. The number of benzene rings is 2. The molecule has 2 aromatic carbocycles. The number of nitrogens with zero attached hydrogens (tertiary/aromatic N) is 2. The molecule has 0 saturated carbocycles. The van der Waals surface area contributed by atoms with E-state index in [0.717, 1.165) is 41.8 Å². The number of carbonyl (C=O) groups excluding carboxylic acids is 2. The van der Waals surface area contributed by atoms with Crippen molar-refractivity contribution in [2.24, 2.45) is 0 Å². The van der Waals surface area contributed by atoms with Gasteiger partial charge in [-0.3, -0.25) is 4.90 Å². The van der Waals surface area contributed by atoms with E-state index in [2.05, 4.69) is 17.2 Å².